The molecule has 1 aliphatic rings. The highest BCUT2D eigenvalue weighted by Crippen LogP contribution is 2.18. The third kappa shape index (κ3) is 4.11. The van der Waals surface area contributed by atoms with E-state index in [1.807, 2.05) is 23.1 Å². The molecule has 0 aliphatic carbocycles. The fraction of sp³-hybridized carbons (Fsp3) is 0.368. The number of anilines is 1. The number of piperidine rings is 1. The number of aromatic nitrogens is 1. The summed E-state index contributed by atoms with van der Waals surface area (Å²) in [5, 5.41) is 2.96. The summed E-state index contributed by atoms with van der Waals surface area (Å²) in [7, 11) is 1.80. The smallest absolute Gasteiger partial charge is 0.254 e. The fourth-order valence-electron chi connectivity index (χ4n) is 2.90. The quantitative estimate of drug-likeness (QED) is 0.918. The number of hydrogen-bond donors (Lipinski definition) is 1. The predicted octanol–water partition coefficient (Wildman–Crippen LogP) is 2.94. The maximum atomic E-state index is 12.6. The molecule has 0 saturated carbocycles. The van der Waals surface area contributed by atoms with Crippen molar-refractivity contribution in [3.63, 3.8) is 0 Å². The molecule has 1 fully saturated rings. The lowest BCUT2D eigenvalue weighted by atomic mass is 10.1. The summed E-state index contributed by atoms with van der Waals surface area (Å²) in [5.74, 6) is 0.775. The lowest BCUT2D eigenvalue weighted by Gasteiger charge is -2.32. The Morgan fingerprint density at radius 2 is 2.00 bits per heavy atom. The Kier molecular flexibility index (Phi) is 5.43. The van der Waals surface area contributed by atoms with Gasteiger partial charge in [-0.15, -0.1) is 0 Å². The van der Waals surface area contributed by atoms with Gasteiger partial charge in [0.15, 0.2) is 0 Å². The molecule has 1 aromatic heterocycles. The van der Waals surface area contributed by atoms with E-state index in [2.05, 4.69) is 22.4 Å². The SMILES string of the molecule is CNc1cc(C(=O)N2CCC(OCc3ccccc3)CC2)ccn1. The molecule has 0 bridgehead atoms. The minimum Gasteiger partial charge on any atom is -0.373 e. The Bertz CT molecular complexity index is 667. The first-order valence-electron chi connectivity index (χ1n) is 8.35. The average molecular weight is 325 g/mol. The van der Waals surface area contributed by atoms with E-state index in [1.165, 1.54) is 5.56 Å². The van der Waals surface area contributed by atoms with Crippen molar-refractivity contribution in [2.24, 2.45) is 0 Å². The topological polar surface area (TPSA) is 54.5 Å². The maximum Gasteiger partial charge on any atom is 0.254 e. The van der Waals surface area contributed by atoms with Crippen LogP contribution in [0.5, 0.6) is 0 Å². The van der Waals surface area contributed by atoms with Crippen LogP contribution in [0.3, 0.4) is 0 Å². The van der Waals surface area contributed by atoms with Crippen LogP contribution in [-0.2, 0) is 11.3 Å². The molecule has 2 aromatic rings. The van der Waals surface area contributed by atoms with Crippen LogP contribution in [0, 0.1) is 0 Å². The van der Waals surface area contributed by atoms with E-state index in [1.54, 1.807) is 25.4 Å². The van der Waals surface area contributed by atoms with Crippen LogP contribution in [0.1, 0.15) is 28.8 Å². The Morgan fingerprint density at radius 1 is 1.25 bits per heavy atom. The summed E-state index contributed by atoms with van der Waals surface area (Å²) in [6, 6.07) is 13.7. The van der Waals surface area contributed by atoms with E-state index in [4.69, 9.17) is 4.74 Å². The molecule has 1 N–H and O–H groups in total. The number of hydrogen-bond acceptors (Lipinski definition) is 4. The van der Waals surface area contributed by atoms with Gasteiger partial charge in [-0.05, 0) is 30.5 Å². The number of pyridine rings is 1. The van der Waals surface area contributed by atoms with E-state index >= 15 is 0 Å². The second kappa shape index (κ2) is 7.93. The lowest BCUT2D eigenvalue weighted by molar-refractivity contribution is -0.000380. The highest BCUT2D eigenvalue weighted by molar-refractivity contribution is 5.94. The minimum atomic E-state index is 0.0652. The standard InChI is InChI=1S/C19H23N3O2/c1-20-18-13-16(7-10-21-18)19(23)22-11-8-17(9-12-22)24-14-15-5-3-2-4-6-15/h2-7,10,13,17H,8-9,11-12,14H2,1H3,(H,20,21). The Balaban J connectivity index is 1.50. The number of benzene rings is 1. The van der Waals surface area contributed by atoms with Gasteiger partial charge in [0, 0.05) is 31.9 Å². The Labute approximate surface area is 142 Å². The summed E-state index contributed by atoms with van der Waals surface area (Å²) in [5.41, 5.74) is 1.87. The van der Waals surface area contributed by atoms with Crippen LogP contribution in [0.2, 0.25) is 0 Å². The first-order chi connectivity index (χ1) is 11.8. The van der Waals surface area contributed by atoms with Crippen LogP contribution >= 0.6 is 0 Å². The number of carbonyl (C=O) groups excluding carboxylic acids is 1. The molecule has 0 spiro atoms. The van der Waals surface area contributed by atoms with Gasteiger partial charge >= 0.3 is 0 Å². The van der Waals surface area contributed by atoms with Crippen LogP contribution in [0.15, 0.2) is 48.7 Å². The Morgan fingerprint density at radius 3 is 2.71 bits per heavy atom. The van der Waals surface area contributed by atoms with Gasteiger partial charge in [0.05, 0.1) is 12.7 Å². The monoisotopic (exact) mass is 325 g/mol. The lowest BCUT2D eigenvalue weighted by Crippen LogP contribution is -2.40. The number of nitrogens with one attached hydrogen (secondary N) is 1. The first kappa shape index (κ1) is 16.5. The minimum absolute atomic E-state index is 0.0652. The zero-order valence-electron chi connectivity index (χ0n) is 13.9. The van der Waals surface area contributed by atoms with E-state index in [9.17, 15) is 4.79 Å². The van der Waals surface area contributed by atoms with E-state index < -0.39 is 0 Å². The zero-order valence-corrected chi connectivity index (χ0v) is 13.9. The van der Waals surface area contributed by atoms with Crippen molar-refractivity contribution in [3.8, 4) is 0 Å². The van der Waals surface area contributed by atoms with Gasteiger partial charge in [0.2, 0.25) is 0 Å². The molecule has 1 saturated heterocycles. The molecular formula is C19H23N3O2. The Hall–Kier alpha value is -2.40. The molecule has 2 heterocycles. The van der Waals surface area contributed by atoms with Crippen molar-refractivity contribution >= 4 is 11.7 Å². The largest absolute Gasteiger partial charge is 0.373 e. The van der Waals surface area contributed by atoms with Gasteiger partial charge in [0.25, 0.3) is 5.91 Å². The van der Waals surface area contributed by atoms with Crippen molar-refractivity contribution in [1.82, 2.24) is 9.88 Å². The molecule has 1 aromatic carbocycles. The summed E-state index contributed by atoms with van der Waals surface area (Å²) in [6.45, 7) is 2.10. The highest BCUT2D eigenvalue weighted by Gasteiger charge is 2.24. The van der Waals surface area contributed by atoms with Gasteiger partial charge in [-0.25, -0.2) is 4.98 Å². The normalized spacial score (nSPS) is 15.3. The molecule has 0 radical (unpaired) electrons. The first-order valence-corrected chi connectivity index (χ1v) is 8.35. The third-order valence-electron chi connectivity index (χ3n) is 4.32. The predicted molar refractivity (Wildman–Crippen MR) is 93.9 cm³/mol. The number of ether oxygens (including phenoxy) is 1. The molecule has 3 rings (SSSR count). The number of nitrogens with zero attached hydrogens (tertiary/aromatic N) is 2. The maximum absolute atomic E-state index is 12.6. The van der Waals surface area contributed by atoms with Crippen molar-refractivity contribution in [2.45, 2.75) is 25.6 Å². The van der Waals surface area contributed by atoms with E-state index in [-0.39, 0.29) is 12.0 Å². The molecule has 1 aliphatic heterocycles. The molecular weight excluding hydrogens is 302 g/mol. The highest BCUT2D eigenvalue weighted by atomic mass is 16.5. The van der Waals surface area contributed by atoms with Gasteiger partial charge in [-0.3, -0.25) is 4.79 Å². The van der Waals surface area contributed by atoms with Crippen LogP contribution in [-0.4, -0.2) is 42.0 Å². The second-order valence-corrected chi connectivity index (χ2v) is 5.97. The van der Waals surface area contributed by atoms with E-state index in [0.717, 1.165) is 25.9 Å². The molecule has 0 atom stereocenters. The average Bonchev–Trinajstić information content (AvgIpc) is 2.67. The van der Waals surface area contributed by atoms with Gasteiger partial charge in [0.1, 0.15) is 5.82 Å². The summed E-state index contributed by atoms with van der Waals surface area (Å²) in [6.07, 6.45) is 3.64. The second-order valence-electron chi connectivity index (χ2n) is 5.97. The van der Waals surface area contributed by atoms with Crippen molar-refractivity contribution in [2.75, 3.05) is 25.5 Å². The molecule has 126 valence electrons. The molecule has 5 nitrogen and oxygen atoms in total. The van der Waals surface area contributed by atoms with Crippen molar-refractivity contribution in [1.29, 1.82) is 0 Å². The summed E-state index contributed by atoms with van der Waals surface area (Å²) < 4.78 is 5.98. The molecule has 1 amide bonds. The van der Waals surface area contributed by atoms with Crippen molar-refractivity contribution in [3.05, 3.63) is 59.8 Å². The number of carbonyl (C=O) groups is 1. The van der Waals surface area contributed by atoms with Crippen molar-refractivity contribution < 1.29 is 9.53 Å². The number of likely N-dealkylation sites (tertiary alicyclic amines) is 1. The number of amides is 1. The van der Waals surface area contributed by atoms with Crippen LogP contribution in [0.4, 0.5) is 5.82 Å². The zero-order chi connectivity index (χ0) is 16.8. The van der Waals surface area contributed by atoms with Crippen LogP contribution in [0.25, 0.3) is 0 Å². The third-order valence-corrected chi connectivity index (χ3v) is 4.32. The van der Waals surface area contributed by atoms with Crippen LogP contribution < -0.4 is 5.32 Å². The van der Waals surface area contributed by atoms with E-state index in [0.29, 0.717) is 18.0 Å². The molecule has 24 heavy (non-hydrogen) atoms. The number of rotatable bonds is 5. The molecule has 5 heteroatoms. The van der Waals surface area contributed by atoms with Gasteiger partial charge in [-0.1, -0.05) is 30.3 Å². The van der Waals surface area contributed by atoms with Gasteiger partial charge in [-0.2, -0.15) is 0 Å². The fourth-order valence-corrected chi connectivity index (χ4v) is 2.90. The summed E-state index contributed by atoms with van der Waals surface area (Å²) in [4.78, 5) is 18.6. The summed E-state index contributed by atoms with van der Waals surface area (Å²) >= 11 is 0. The van der Waals surface area contributed by atoms with Gasteiger partial charge < -0.3 is 15.0 Å². The molecule has 0 unspecified atom stereocenters.